The van der Waals surface area contributed by atoms with Crippen LogP contribution < -0.4 is 11.1 Å². The van der Waals surface area contributed by atoms with Crippen LogP contribution in [-0.2, 0) is 9.53 Å². The molecule has 2 rings (SSSR count). The molecule has 1 amide bonds. The number of hydrogen-bond donors (Lipinski definition) is 2. The van der Waals surface area contributed by atoms with Crippen molar-refractivity contribution in [3.05, 3.63) is 35.4 Å². The first-order valence-electron chi connectivity index (χ1n) is 8.26. The topological polar surface area (TPSA) is 64.3 Å². The van der Waals surface area contributed by atoms with E-state index in [4.69, 9.17) is 10.5 Å². The van der Waals surface area contributed by atoms with Crippen molar-refractivity contribution in [2.45, 2.75) is 45.1 Å². The summed E-state index contributed by atoms with van der Waals surface area (Å²) in [4.78, 5) is 11.9. The molecule has 1 aromatic rings. The van der Waals surface area contributed by atoms with E-state index in [1.165, 1.54) is 5.56 Å². The number of carbonyl (C=O) groups excluding carboxylic acids is 1. The summed E-state index contributed by atoms with van der Waals surface area (Å²) in [5, 5.41) is 2.94. The van der Waals surface area contributed by atoms with Crippen LogP contribution in [0.3, 0.4) is 0 Å². The first-order valence-corrected chi connectivity index (χ1v) is 8.26. The highest BCUT2D eigenvalue weighted by Gasteiger charge is 2.17. The molecule has 1 saturated heterocycles. The van der Waals surface area contributed by atoms with Gasteiger partial charge >= 0.3 is 0 Å². The van der Waals surface area contributed by atoms with Crippen molar-refractivity contribution in [1.82, 2.24) is 5.32 Å². The first kappa shape index (κ1) is 17.0. The van der Waals surface area contributed by atoms with Crippen LogP contribution in [0.2, 0.25) is 0 Å². The van der Waals surface area contributed by atoms with Gasteiger partial charge in [0.05, 0.1) is 0 Å². The van der Waals surface area contributed by atoms with Crippen molar-refractivity contribution in [3.8, 4) is 0 Å². The van der Waals surface area contributed by atoms with Gasteiger partial charge < -0.3 is 15.8 Å². The van der Waals surface area contributed by atoms with Crippen LogP contribution in [0.15, 0.2) is 24.3 Å². The number of nitrogens with two attached hydrogens (primary N) is 1. The molecule has 2 unspecified atom stereocenters. The summed E-state index contributed by atoms with van der Waals surface area (Å²) in [7, 11) is 0. The maximum absolute atomic E-state index is 11.9. The summed E-state index contributed by atoms with van der Waals surface area (Å²) in [5.41, 5.74) is 8.52. The molecule has 1 heterocycles. The Morgan fingerprint density at radius 1 is 1.32 bits per heavy atom. The van der Waals surface area contributed by atoms with Gasteiger partial charge in [0.2, 0.25) is 5.91 Å². The summed E-state index contributed by atoms with van der Waals surface area (Å²) >= 11 is 0. The molecule has 3 N–H and O–H groups in total. The number of amides is 1. The van der Waals surface area contributed by atoms with Gasteiger partial charge in [-0.25, -0.2) is 0 Å². The van der Waals surface area contributed by atoms with E-state index >= 15 is 0 Å². The van der Waals surface area contributed by atoms with E-state index in [2.05, 4.69) is 43.4 Å². The van der Waals surface area contributed by atoms with E-state index in [1.807, 2.05) is 0 Å². The van der Waals surface area contributed by atoms with Gasteiger partial charge in [0, 0.05) is 32.2 Å². The molecule has 0 saturated carbocycles. The van der Waals surface area contributed by atoms with Crippen LogP contribution in [0.5, 0.6) is 0 Å². The molecule has 4 heteroatoms. The fourth-order valence-corrected chi connectivity index (χ4v) is 2.70. The summed E-state index contributed by atoms with van der Waals surface area (Å²) in [5.74, 6) is 1.15. The highest BCUT2D eigenvalue weighted by molar-refractivity contribution is 5.75. The molecule has 0 spiro atoms. The average Bonchev–Trinajstić information content (AvgIpc) is 3.04. The van der Waals surface area contributed by atoms with Crippen LogP contribution in [0, 0.1) is 5.92 Å². The van der Waals surface area contributed by atoms with E-state index in [0.717, 1.165) is 31.6 Å². The Morgan fingerprint density at radius 3 is 2.59 bits per heavy atom. The lowest BCUT2D eigenvalue weighted by atomic mass is 9.99. The van der Waals surface area contributed by atoms with E-state index in [1.54, 1.807) is 0 Å². The molecule has 0 aromatic heterocycles. The van der Waals surface area contributed by atoms with Crippen molar-refractivity contribution < 1.29 is 9.53 Å². The van der Waals surface area contributed by atoms with Crippen molar-refractivity contribution >= 4 is 5.91 Å². The van der Waals surface area contributed by atoms with Gasteiger partial charge in [0.15, 0.2) is 0 Å². The van der Waals surface area contributed by atoms with Gasteiger partial charge in [-0.05, 0) is 35.8 Å². The Balaban J connectivity index is 1.71. The molecule has 122 valence electrons. The fourth-order valence-electron chi connectivity index (χ4n) is 2.70. The van der Waals surface area contributed by atoms with Gasteiger partial charge in [0.1, 0.15) is 0 Å². The van der Waals surface area contributed by atoms with Crippen LogP contribution in [-0.4, -0.2) is 25.7 Å². The van der Waals surface area contributed by atoms with Crippen LogP contribution in [0.4, 0.5) is 0 Å². The molecule has 2 atom stereocenters. The number of nitrogens with one attached hydrogen (secondary N) is 1. The molecule has 1 aliphatic heterocycles. The Morgan fingerprint density at radius 2 is 2.00 bits per heavy atom. The summed E-state index contributed by atoms with van der Waals surface area (Å²) in [6.07, 6.45) is 2.55. The molecule has 1 aliphatic rings. The average molecular weight is 304 g/mol. The second-order valence-corrected chi connectivity index (χ2v) is 6.50. The molecule has 0 bridgehead atoms. The largest absolute Gasteiger partial charge is 0.381 e. The van der Waals surface area contributed by atoms with Crippen LogP contribution in [0.1, 0.15) is 56.2 Å². The van der Waals surface area contributed by atoms with Crippen molar-refractivity contribution in [2.24, 2.45) is 11.7 Å². The smallest absolute Gasteiger partial charge is 0.220 e. The molecule has 22 heavy (non-hydrogen) atoms. The second-order valence-electron chi connectivity index (χ2n) is 6.50. The van der Waals surface area contributed by atoms with Crippen molar-refractivity contribution in [1.29, 1.82) is 0 Å². The second kappa shape index (κ2) is 8.30. The van der Waals surface area contributed by atoms with Crippen molar-refractivity contribution in [2.75, 3.05) is 19.8 Å². The van der Waals surface area contributed by atoms with Crippen LogP contribution in [0.25, 0.3) is 0 Å². The highest BCUT2D eigenvalue weighted by Crippen LogP contribution is 2.19. The predicted octanol–water partition coefficient (Wildman–Crippen LogP) is 2.74. The summed E-state index contributed by atoms with van der Waals surface area (Å²) < 4.78 is 5.32. The van der Waals surface area contributed by atoms with E-state index in [9.17, 15) is 4.79 Å². The third kappa shape index (κ3) is 5.11. The minimum Gasteiger partial charge on any atom is -0.381 e. The Hall–Kier alpha value is -1.39. The molecule has 0 aliphatic carbocycles. The number of carbonyl (C=O) groups is 1. The molecular formula is C18H28N2O2. The molecule has 0 radical (unpaired) electrons. The number of rotatable bonds is 7. The van der Waals surface area contributed by atoms with Gasteiger partial charge in [-0.2, -0.15) is 0 Å². The van der Waals surface area contributed by atoms with E-state index in [-0.39, 0.29) is 11.9 Å². The SMILES string of the molecule is CC(C)c1ccc(C(N)CNC(=O)CCC2CCOC2)cc1. The van der Waals surface area contributed by atoms with E-state index < -0.39 is 0 Å². The minimum atomic E-state index is -0.153. The standard InChI is InChI=1S/C18H28N2O2/c1-13(2)15-4-6-16(7-5-15)17(19)11-20-18(21)8-3-14-9-10-22-12-14/h4-7,13-14,17H,3,8-12,19H2,1-2H3,(H,20,21). The lowest BCUT2D eigenvalue weighted by Gasteiger charge is -2.15. The maximum Gasteiger partial charge on any atom is 0.220 e. The van der Waals surface area contributed by atoms with Gasteiger partial charge in [-0.3, -0.25) is 4.79 Å². The summed E-state index contributed by atoms with van der Waals surface area (Å²) in [6, 6.07) is 8.19. The van der Waals surface area contributed by atoms with E-state index in [0.29, 0.717) is 24.8 Å². The monoisotopic (exact) mass is 304 g/mol. The first-order chi connectivity index (χ1) is 10.6. The van der Waals surface area contributed by atoms with Crippen LogP contribution >= 0.6 is 0 Å². The maximum atomic E-state index is 11.9. The summed E-state index contributed by atoms with van der Waals surface area (Å²) in [6.45, 7) is 6.47. The minimum absolute atomic E-state index is 0.0844. The van der Waals surface area contributed by atoms with Gasteiger partial charge in [-0.1, -0.05) is 38.1 Å². The zero-order chi connectivity index (χ0) is 15.9. The third-order valence-corrected chi connectivity index (χ3v) is 4.35. The molecule has 1 fully saturated rings. The molecule has 1 aromatic carbocycles. The lowest BCUT2D eigenvalue weighted by Crippen LogP contribution is -2.32. The Labute approximate surface area is 133 Å². The Bertz CT molecular complexity index is 464. The fraction of sp³-hybridized carbons (Fsp3) is 0.611. The molecule has 4 nitrogen and oxygen atoms in total. The highest BCUT2D eigenvalue weighted by atomic mass is 16.5. The van der Waals surface area contributed by atoms with Crippen molar-refractivity contribution in [3.63, 3.8) is 0 Å². The lowest BCUT2D eigenvalue weighted by molar-refractivity contribution is -0.121. The number of benzene rings is 1. The molecular weight excluding hydrogens is 276 g/mol. The predicted molar refractivity (Wildman–Crippen MR) is 88.6 cm³/mol. The number of hydrogen-bond acceptors (Lipinski definition) is 3. The Kier molecular flexibility index (Phi) is 6.40. The van der Waals surface area contributed by atoms with Gasteiger partial charge in [0.25, 0.3) is 0 Å². The zero-order valence-electron chi connectivity index (χ0n) is 13.7. The number of ether oxygens (including phenoxy) is 1. The normalized spacial score (nSPS) is 19.4. The quantitative estimate of drug-likeness (QED) is 0.814. The zero-order valence-corrected chi connectivity index (χ0v) is 13.7. The third-order valence-electron chi connectivity index (χ3n) is 4.35. The van der Waals surface area contributed by atoms with Gasteiger partial charge in [-0.15, -0.1) is 0 Å².